The summed E-state index contributed by atoms with van der Waals surface area (Å²) < 4.78 is 59.3. The molecule has 0 bridgehead atoms. The summed E-state index contributed by atoms with van der Waals surface area (Å²) in [6, 6.07) is 5.32. The van der Waals surface area contributed by atoms with Gasteiger partial charge in [0.1, 0.15) is 11.6 Å². The van der Waals surface area contributed by atoms with Gasteiger partial charge in [0.05, 0.1) is 5.56 Å². The van der Waals surface area contributed by atoms with Gasteiger partial charge < -0.3 is 4.74 Å². The van der Waals surface area contributed by atoms with Crippen LogP contribution in [0, 0.1) is 41.0 Å². The number of fused-ring (bicyclic) bond motifs is 1. The van der Waals surface area contributed by atoms with Crippen molar-refractivity contribution < 1.29 is 27.1 Å². The van der Waals surface area contributed by atoms with Crippen molar-refractivity contribution in [3.05, 3.63) is 64.7 Å². The zero-order valence-corrected chi connectivity index (χ0v) is 16.8. The molecule has 160 valence electrons. The van der Waals surface area contributed by atoms with Gasteiger partial charge in [-0.3, -0.25) is 0 Å². The van der Waals surface area contributed by atoms with Crippen LogP contribution in [0.3, 0.4) is 0 Å². The van der Waals surface area contributed by atoms with E-state index in [4.69, 9.17) is 4.74 Å². The molecule has 2 aliphatic rings. The second-order valence-corrected chi connectivity index (χ2v) is 8.78. The summed E-state index contributed by atoms with van der Waals surface area (Å²) >= 11 is 0. The van der Waals surface area contributed by atoms with E-state index in [0.29, 0.717) is 23.6 Å². The Kier molecular flexibility index (Phi) is 5.85. The maximum atomic E-state index is 14.8. The van der Waals surface area contributed by atoms with E-state index in [1.165, 1.54) is 25.3 Å². The summed E-state index contributed by atoms with van der Waals surface area (Å²) in [7, 11) is 0. The molecular formula is C24H24F4O2. The molecule has 0 aromatic heterocycles. The average molecular weight is 420 g/mol. The van der Waals surface area contributed by atoms with Crippen molar-refractivity contribution in [2.45, 2.75) is 51.4 Å². The first-order valence-electron chi connectivity index (χ1n) is 10.5. The summed E-state index contributed by atoms with van der Waals surface area (Å²) in [4.78, 5) is 12.3. The van der Waals surface area contributed by atoms with E-state index in [2.05, 4.69) is 6.92 Å². The standard InChI is InChI=1S/C24H24F4O2/c1-13-2-3-15-9-16(5-4-14(15)8-13)19-7-6-17(10-20(19)25)24(29)30-18-11-21(26)23(28)22(27)12-18/h6-7,10-16H,2-5,8-9H2,1H3/t13-,14-,15+,16?/m0/s1. The zero-order chi connectivity index (χ0) is 21.4. The zero-order valence-electron chi connectivity index (χ0n) is 16.8. The number of rotatable bonds is 3. The van der Waals surface area contributed by atoms with Crippen LogP contribution in [0.1, 0.15) is 67.3 Å². The molecule has 4 atom stereocenters. The molecule has 1 unspecified atom stereocenters. The maximum absolute atomic E-state index is 14.8. The third-order valence-corrected chi connectivity index (χ3v) is 6.72. The second-order valence-electron chi connectivity index (χ2n) is 8.78. The quantitative estimate of drug-likeness (QED) is 0.237. The highest BCUT2D eigenvalue weighted by Crippen LogP contribution is 2.47. The van der Waals surface area contributed by atoms with Gasteiger partial charge >= 0.3 is 5.97 Å². The molecule has 4 rings (SSSR count). The third kappa shape index (κ3) is 4.23. The molecule has 0 heterocycles. The van der Waals surface area contributed by atoms with E-state index in [1.807, 2.05) is 0 Å². The molecule has 0 radical (unpaired) electrons. The third-order valence-electron chi connectivity index (χ3n) is 6.72. The van der Waals surface area contributed by atoms with Crippen LogP contribution < -0.4 is 4.74 Å². The number of carbonyl (C=O) groups is 1. The van der Waals surface area contributed by atoms with Crippen molar-refractivity contribution in [3.8, 4) is 5.75 Å². The Labute approximate surface area is 173 Å². The van der Waals surface area contributed by atoms with Gasteiger partial charge in [-0.15, -0.1) is 0 Å². The predicted octanol–water partition coefficient (Wildman–Crippen LogP) is 6.78. The molecule has 2 aliphatic carbocycles. The van der Waals surface area contributed by atoms with Crippen LogP contribution in [-0.2, 0) is 0 Å². The molecule has 30 heavy (non-hydrogen) atoms. The number of esters is 1. The molecule has 2 nitrogen and oxygen atoms in total. The molecule has 2 aromatic carbocycles. The fraction of sp³-hybridized carbons (Fsp3) is 0.458. The molecule has 2 fully saturated rings. The van der Waals surface area contributed by atoms with Gasteiger partial charge in [-0.2, -0.15) is 0 Å². The van der Waals surface area contributed by atoms with Crippen molar-refractivity contribution in [3.63, 3.8) is 0 Å². The molecule has 0 amide bonds. The van der Waals surface area contributed by atoms with Crippen LogP contribution in [0.2, 0.25) is 0 Å². The van der Waals surface area contributed by atoms with Gasteiger partial charge in [0.25, 0.3) is 0 Å². The van der Waals surface area contributed by atoms with Crippen molar-refractivity contribution in [1.82, 2.24) is 0 Å². The van der Waals surface area contributed by atoms with Gasteiger partial charge in [0, 0.05) is 12.1 Å². The van der Waals surface area contributed by atoms with E-state index >= 15 is 0 Å². The number of ether oxygens (including phenoxy) is 1. The van der Waals surface area contributed by atoms with Gasteiger partial charge in [-0.1, -0.05) is 19.4 Å². The SMILES string of the molecule is C[C@H]1CC[C@@H]2CC(c3ccc(C(=O)Oc4cc(F)c(F)c(F)c4)cc3F)CC[C@H]2C1. The Morgan fingerprint density at radius 1 is 0.867 bits per heavy atom. The summed E-state index contributed by atoms with van der Waals surface area (Å²) in [5, 5.41) is 0. The van der Waals surface area contributed by atoms with Crippen LogP contribution in [0.4, 0.5) is 17.6 Å². The monoisotopic (exact) mass is 420 g/mol. The summed E-state index contributed by atoms with van der Waals surface area (Å²) in [5.41, 5.74) is 0.532. The highest BCUT2D eigenvalue weighted by molar-refractivity contribution is 5.91. The van der Waals surface area contributed by atoms with E-state index in [9.17, 15) is 22.4 Å². The average Bonchev–Trinajstić information content (AvgIpc) is 2.71. The predicted molar refractivity (Wildman–Crippen MR) is 104 cm³/mol. The van der Waals surface area contributed by atoms with Crippen LogP contribution >= 0.6 is 0 Å². The van der Waals surface area contributed by atoms with Crippen LogP contribution in [0.15, 0.2) is 30.3 Å². The van der Waals surface area contributed by atoms with Gasteiger partial charge in [-0.25, -0.2) is 22.4 Å². The lowest BCUT2D eigenvalue weighted by Gasteiger charge is -2.41. The minimum Gasteiger partial charge on any atom is -0.423 e. The topological polar surface area (TPSA) is 26.3 Å². The van der Waals surface area contributed by atoms with Crippen LogP contribution in [-0.4, -0.2) is 5.97 Å². The molecule has 0 saturated heterocycles. The normalized spacial score (nSPS) is 26.2. The molecule has 0 N–H and O–H groups in total. The van der Waals surface area contributed by atoms with E-state index < -0.39 is 35.0 Å². The maximum Gasteiger partial charge on any atom is 0.343 e. The summed E-state index contributed by atoms with van der Waals surface area (Å²) in [5.74, 6) is -4.23. The molecule has 2 saturated carbocycles. The smallest absolute Gasteiger partial charge is 0.343 e. The van der Waals surface area contributed by atoms with Crippen molar-refractivity contribution in [2.75, 3.05) is 0 Å². The largest absolute Gasteiger partial charge is 0.423 e. The minimum atomic E-state index is -1.65. The first-order valence-corrected chi connectivity index (χ1v) is 10.5. The summed E-state index contributed by atoms with van der Waals surface area (Å²) in [6.45, 7) is 2.30. The van der Waals surface area contributed by atoms with Gasteiger partial charge in [0.15, 0.2) is 17.5 Å². The van der Waals surface area contributed by atoms with E-state index in [1.54, 1.807) is 6.07 Å². The number of hydrogen-bond acceptors (Lipinski definition) is 2. The van der Waals surface area contributed by atoms with Crippen molar-refractivity contribution in [2.24, 2.45) is 17.8 Å². The lowest BCUT2D eigenvalue weighted by atomic mass is 9.64. The molecule has 0 aliphatic heterocycles. The summed E-state index contributed by atoms with van der Waals surface area (Å²) in [6.07, 6.45) is 6.68. The first-order chi connectivity index (χ1) is 14.3. The Bertz CT molecular complexity index is 935. The lowest BCUT2D eigenvalue weighted by Crippen LogP contribution is -2.30. The molecule has 6 heteroatoms. The molecular weight excluding hydrogens is 396 g/mol. The fourth-order valence-corrected chi connectivity index (χ4v) is 5.15. The second kappa shape index (κ2) is 8.40. The van der Waals surface area contributed by atoms with Crippen molar-refractivity contribution >= 4 is 5.97 Å². The van der Waals surface area contributed by atoms with Gasteiger partial charge in [-0.05, 0) is 73.5 Å². The number of hydrogen-bond donors (Lipinski definition) is 0. The van der Waals surface area contributed by atoms with Crippen molar-refractivity contribution in [1.29, 1.82) is 0 Å². The van der Waals surface area contributed by atoms with Crippen LogP contribution in [0.5, 0.6) is 5.75 Å². The van der Waals surface area contributed by atoms with Crippen LogP contribution in [0.25, 0.3) is 0 Å². The highest BCUT2D eigenvalue weighted by atomic mass is 19.2. The Morgan fingerprint density at radius 3 is 2.23 bits per heavy atom. The number of halogens is 4. The fourth-order valence-electron chi connectivity index (χ4n) is 5.15. The van der Waals surface area contributed by atoms with Gasteiger partial charge in [0.2, 0.25) is 0 Å². The Hall–Kier alpha value is -2.37. The molecule has 2 aromatic rings. The number of carbonyl (C=O) groups excluding carboxylic acids is 1. The Morgan fingerprint density at radius 2 is 1.53 bits per heavy atom. The highest BCUT2D eigenvalue weighted by Gasteiger charge is 2.35. The van der Waals surface area contributed by atoms with E-state index in [0.717, 1.165) is 37.2 Å². The Balaban J connectivity index is 1.46. The lowest BCUT2D eigenvalue weighted by molar-refractivity contribution is 0.0733. The number of benzene rings is 2. The molecule has 0 spiro atoms. The van der Waals surface area contributed by atoms with E-state index in [-0.39, 0.29) is 11.5 Å². The first kappa shape index (κ1) is 20.9. The minimum absolute atomic E-state index is 0.0680.